The van der Waals surface area contributed by atoms with Crippen LogP contribution in [-0.2, 0) is 0 Å². The lowest BCUT2D eigenvalue weighted by molar-refractivity contribution is 0.228. The van der Waals surface area contributed by atoms with Crippen LogP contribution in [0, 0.1) is 5.41 Å². The maximum atomic E-state index is 4.18. The molecule has 0 N–H and O–H groups in total. The van der Waals surface area contributed by atoms with Gasteiger partial charge in [-0.25, -0.2) is 0 Å². The predicted octanol–water partition coefficient (Wildman–Crippen LogP) is 2.28. The van der Waals surface area contributed by atoms with Crippen LogP contribution in [0.4, 0.5) is 0 Å². The molecule has 1 nitrogen and oxygen atoms in total. The molecule has 0 unspecified atom stereocenters. The van der Waals surface area contributed by atoms with E-state index in [1.165, 1.54) is 19.5 Å². The van der Waals surface area contributed by atoms with E-state index in [4.69, 9.17) is 0 Å². The van der Waals surface area contributed by atoms with Crippen LogP contribution in [0.2, 0.25) is 0 Å². The van der Waals surface area contributed by atoms with E-state index in [-0.39, 0.29) is 0 Å². The molecule has 0 spiro atoms. The third-order valence-electron chi connectivity index (χ3n) is 1.44. The molecule has 0 bridgehead atoms. The van der Waals surface area contributed by atoms with E-state index in [1.54, 1.807) is 0 Å². The van der Waals surface area contributed by atoms with Gasteiger partial charge in [0.1, 0.15) is 0 Å². The van der Waals surface area contributed by atoms with Gasteiger partial charge in [-0.2, -0.15) is 12.6 Å². The molecule has 0 aromatic rings. The second-order valence-electron chi connectivity index (χ2n) is 4.38. The Morgan fingerprint density at radius 1 is 1.27 bits per heavy atom. The lowest BCUT2D eigenvalue weighted by atomic mass is 9.96. The normalized spacial score (nSPS) is 12.5. The fraction of sp³-hybridized carbons (Fsp3) is 1.00. The number of hydrogen-bond donors (Lipinski definition) is 1. The second kappa shape index (κ2) is 5.04. The zero-order valence-corrected chi connectivity index (χ0v) is 9.12. The first kappa shape index (κ1) is 11.3. The average molecular weight is 175 g/mol. The minimum atomic E-state index is 0.422. The molecule has 11 heavy (non-hydrogen) atoms. The monoisotopic (exact) mass is 175 g/mol. The SMILES string of the molecule is CN(CCCS)CC(C)(C)C. The lowest BCUT2D eigenvalue weighted by Gasteiger charge is -2.26. The van der Waals surface area contributed by atoms with Crippen LogP contribution in [0.5, 0.6) is 0 Å². The molecule has 0 rings (SSSR count). The highest BCUT2D eigenvalue weighted by molar-refractivity contribution is 7.80. The molecule has 0 heterocycles. The summed E-state index contributed by atoms with van der Waals surface area (Å²) >= 11 is 4.18. The molecule has 0 aliphatic heterocycles. The van der Waals surface area contributed by atoms with Crippen molar-refractivity contribution in [3.8, 4) is 0 Å². The summed E-state index contributed by atoms with van der Waals surface area (Å²) in [5.74, 6) is 0.995. The van der Waals surface area contributed by atoms with Crippen molar-refractivity contribution in [3.63, 3.8) is 0 Å². The number of thiol groups is 1. The van der Waals surface area contributed by atoms with Crippen molar-refractivity contribution in [1.82, 2.24) is 4.90 Å². The maximum absolute atomic E-state index is 4.18. The molecule has 68 valence electrons. The topological polar surface area (TPSA) is 3.24 Å². The largest absolute Gasteiger partial charge is 0.306 e. The lowest BCUT2D eigenvalue weighted by Crippen LogP contribution is -2.30. The summed E-state index contributed by atoms with van der Waals surface area (Å²) in [4.78, 5) is 2.37. The number of hydrogen-bond acceptors (Lipinski definition) is 2. The molecule has 2 heteroatoms. The number of nitrogens with zero attached hydrogens (tertiary/aromatic N) is 1. The highest BCUT2D eigenvalue weighted by Gasteiger charge is 2.12. The van der Waals surface area contributed by atoms with Crippen molar-refractivity contribution in [1.29, 1.82) is 0 Å². The molecule has 0 aromatic heterocycles. The smallest absolute Gasteiger partial charge is 0.00270 e. The quantitative estimate of drug-likeness (QED) is 0.642. The number of rotatable bonds is 4. The average Bonchev–Trinajstić information content (AvgIpc) is 1.79. The Kier molecular flexibility index (Phi) is 5.19. The van der Waals surface area contributed by atoms with Crippen LogP contribution in [-0.4, -0.2) is 30.8 Å². The molecule has 0 saturated heterocycles. The summed E-state index contributed by atoms with van der Waals surface area (Å²) in [6, 6.07) is 0. The fourth-order valence-electron chi connectivity index (χ4n) is 1.23. The highest BCUT2D eigenvalue weighted by Crippen LogP contribution is 2.13. The molecule has 0 radical (unpaired) electrons. The Morgan fingerprint density at radius 2 is 1.82 bits per heavy atom. The van der Waals surface area contributed by atoms with Gasteiger partial charge in [-0.3, -0.25) is 0 Å². The first-order valence-electron chi connectivity index (χ1n) is 4.25. The first-order valence-corrected chi connectivity index (χ1v) is 4.88. The summed E-state index contributed by atoms with van der Waals surface area (Å²) in [6.07, 6.45) is 1.19. The van der Waals surface area contributed by atoms with Crippen molar-refractivity contribution in [3.05, 3.63) is 0 Å². The molecule has 0 saturated carbocycles. The van der Waals surface area contributed by atoms with Crippen LogP contribution in [0.1, 0.15) is 27.2 Å². The zero-order chi connectivity index (χ0) is 8.91. The minimum Gasteiger partial charge on any atom is -0.306 e. The summed E-state index contributed by atoms with van der Waals surface area (Å²) < 4.78 is 0. The molecule has 0 atom stereocenters. The van der Waals surface area contributed by atoms with E-state index in [1.807, 2.05) is 0 Å². The van der Waals surface area contributed by atoms with Gasteiger partial charge in [-0.15, -0.1) is 0 Å². The molecule has 0 aliphatic carbocycles. The van der Waals surface area contributed by atoms with Gasteiger partial charge in [0.15, 0.2) is 0 Å². The van der Waals surface area contributed by atoms with Gasteiger partial charge in [-0.1, -0.05) is 20.8 Å². The van der Waals surface area contributed by atoms with Crippen molar-refractivity contribution in [2.24, 2.45) is 5.41 Å². The zero-order valence-electron chi connectivity index (χ0n) is 8.22. The van der Waals surface area contributed by atoms with Gasteiger partial charge < -0.3 is 4.90 Å². The van der Waals surface area contributed by atoms with E-state index in [0.717, 1.165) is 5.75 Å². The van der Waals surface area contributed by atoms with Crippen molar-refractivity contribution in [2.75, 3.05) is 25.9 Å². The van der Waals surface area contributed by atoms with Gasteiger partial charge in [0.25, 0.3) is 0 Å². The van der Waals surface area contributed by atoms with Crippen molar-refractivity contribution < 1.29 is 0 Å². The molecular formula is C9H21NS. The molecule has 0 aromatic carbocycles. The van der Waals surface area contributed by atoms with Crippen LogP contribution >= 0.6 is 12.6 Å². The summed E-state index contributed by atoms with van der Waals surface area (Å²) in [5.41, 5.74) is 0.422. The molecule has 0 fully saturated rings. The van der Waals surface area contributed by atoms with Crippen LogP contribution in [0.15, 0.2) is 0 Å². The standard InChI is InChI=1S/C9H21NS/c1-9(2,3)8-10(4)6-5-7-11/h11H,5-8H2,1-4H3. The Bertz CT molecular complexity index is 96.2. The third-order valence-corrected chi connectivity index (χ3v) is 1.76. The Hall–Kier alpha value is 0.310. The van der Waals surface area contributed by atoms with E-state index in [0.29, 0.717) is 5.41 Å². The van der Waals surface area contributed by atoms with Gasteiger partial charge in [-0.05, 0) is 31.2 Å². The van der Waals surface area contributed by atoms with Crippen LogP contribution < -0.4 is 0 Å². The Balaban J connectivity index is 3.44. The molecule has 0 aliphatic rings. The van der Waals surface area contributed by atoms with E-state index >= 15 is 0 Å². The van der Waals surface area contributed by atoms with E-state index in [2.05, 4.69) is 45.3 Å². The van der Waals surface area contributed by atoms with E-state index < -0.39 is 0 Å². The van der Waals surface area contributed by atoms with Crippen molar-refractivity contribution in [2.45, 2.75) is 27.2 Å². The fourth-order valence-corrected chi connectivity index (χ4v) is 1.37. The van der Waals surface area contributed by atoms with Crippen LogP contribution in [0.25, 0.3) is 0 Å². The van der Waals surface area contributed by atoms with Crippen molar-refractivity contribution >= 4 is 12.6 Å². The predicted molar refractivity (Wildman–Crippen MR) is 55.4 cm³/mol. The van der Waals surface area contributed by atoms with Gasteiger partial charge >= 0.3 is 0 Å². The highest BCUT2D eigenvalue weighted by atomic mass is 32.1. The Morgan fingerprint density at radius 3 is 2.18 bits per heavy atom. The summed E-state index contributed by atoms with van der Waals surface area (Å²) in [7, 11) is 2.18. The molecule has 0 amide bonds. The first-order chi connectivity index (χ1) is 4.95. The molecular weight excluding hydrogens is 154 g/mol. The summed E-state index contributed by atoms with van der Waals surface area (Å²) in [6.45, 7) is 9.14. The van der Waals surface area contributed by atoms with Gasteiger partial charge in [0.2, 0.25) is 0 Å². The summed E-state index contributed by atoms with van der Waals surface area (Å²) in [5, 5.41) is 0. The second-order valence-corrected chi connectivity index (χ2v) is 4.82. The Labute approximate surface area is 76.6 Å². The van der Waals surface area contributed by atoms with Gasteiger partial charge in [0.05, 0.1) is 0 Å². The van der Waals surface area contributed by atoms with E-state index in [9.17, 15) is 0 Å². The van der Waals surface area contributed by atoms with Crippen LogP contribution in [0.3, 0.4) is 0 Å². The van der Waals surface area contributed by atoms with Gasteiger partial charge in [0, 0.05) is 6.54 Å². The minimum absolute atomic E-state index is 0.422. The maximum Gasteiger partial charge on any atom is 0.00270 e. The third kappa shape index (κ3) is 8.21.